The van der Waals surface area contributed by atoms with Gasteiger partial charge in [-0.15, -0.1) is 0 Å². The summed E-state index contributed by atoms with van der Waals surface area (Å²) in [5, 5.41) is 0. The Labute approximate surface area is 166 Å². The first kappa shape index (κ1) is 21.5. The van der Waals surface area contributed by atoms with Gasteiger partial charge in [-0.1, -0.05) is 24.8 Å². The fourth-order valence-electron chi connectivity index (χ4n) is 2.38. The Morgan fingerprint density at radius 2 is 1.61 bits per heavy atom. The number of rotatable bonds is 8. The van der Waals surface area contributed by atoms with Crippen LogP contribution in [-0.2, 0) is 9.53 Å². The van der Waals surface area contributed by atoms with Gasteiger partial charge in [0.15, 0.2) is 11.5 Å². The molecule has 2 rings (SSSR count). The molecule has 0 spiro atoms. The minimum absolute atomic E-state index is 0.192. The van der Waals surface area contributed by atoms with Crippen molar-refractivity contribution in [2.75, 3.05) is 20.3 Å². The molecule has 0 N–H and O–H groups in total. The van der Waals surface area contributed by atoms with Gasteiger partial charge in [0.1, 0.15) is 12.4 Å². The topological polar surface area (TPSA) is 54.0 Å². The molecule has 150 valence electrons. The van der Waals surface area contributed by atoms with E-state index in [1.54, 1.807) is 26.2 Å². The Hall–Kier alpha value is -2.79. The van der Waals surface area contributed by atoms with E-state index in [2.05, 4.69) is 6.58 Å². The van der Waals surface area contributed by atoms with Gasteiger partial charge in [0, 0.05) is 5.57 Å². The lowest BCUT2D eigenvalue weighted by Crippen LogP contribution is -2.22. The van der Waals surface area contributed by atoms with Crippen LogP contribution in [0.1, 0.15) is 27.7 Å². The number of carbonyl (C=O) groups is 1. The Balaban J connectivity index is 2.06. The molecule has 2 aromatic rings. The maximum Gasteiger partial charge on any atom is 0.338 e. The summed E-state index contributed by atoms with van der Waals surface area (Å²) in [7, 11) is 1.61. The Morgan fingerprint density at radius 3 is 2.18 bits per heavy atom. The van der Waals surface area contributed by atoms with Gasteiger partial charge in [0.25, 0.3) is 0 Å². The summed E-state index contributed by atoms with van der Waals surface area (Å²) in [4.78, 5) is 11.6. The highest BCUT2D eigenvalue weighted by Gasteiger charge is 2.11. The first-order chi connectivity index (χ1) is 13.2. The van der Waals surface area contributed by atoms with Crippen LogP contribution in [0.2, 0.25) is 0 Å². The maximum atomic E-state index is 11.6. The van der Waals surface area contributed by atoms with Crippen molar-refractivity contribution >= 4 is 5.97 Å². The van der Waals surface area contributed by atoms with Gasteiger partial charge < -0.3 is 18.9 Å². The Morgan fingerprint density at radius 1 is 0.964 bits per heavy atom. The zero-order valence-corrected chi connectivity index (χ0v) is 17.2. The fourth-order valence-corrected chi connectivity index (χ4v) is 2.38. The molecule has 28 heavy (non-hydrogen) atoms. The van der Waals surface area contributed by atoms with E-state index in [0.717, 1.165) is 11.1 Å². The predicted molar refractivity (Wildman–Crippen MR) is 110 cm³/mol. The van der Waals surface area contributed by atoms with Crippen LogP contribution in [0, 0.1) is 0 Å². The zero-order chi connectivity index (χ0) is 20.7. The minimum atomic E-state index is -0.439. The summed E-state index contributed by atoms with van der Waals surface area (Å²) in [6.45, 7) is 12.1. The molecule has 5 nitrogen and oxygen atoms in total. The molecule has 5 heteroatoms. The van der Waals surface area contributed by atoms with E-state index in [4.69, 9.17) is 18.9 Å². The van der Waals surface area contributed by atoms with E-state index in [-0.39, 0.29) is 5.60 Å². The van der Waals surface area contributed by atoms with Crippen molar-refractivity contribution in [3.05, 3.63) is 54.6 Å². The lowest BCUT2D eigenvalue weighted by atomic mass is 10.0. The van der Waals surface area contributed by atoms with Crippen LogP contribution in [-0.4, -0.2) is 31.9 Å². The number of hydrogen-bond donors (Lipinski definition) is 0. The van der Waals surface area contributed by atoms with Crippen molar-refractivity contribution in [2.24, 2.45) is 0 Å². The normalized spacial score (nSPS) is 11.0. The Bertz CT molecular complexity index is 816. The van der Waals surface area contributed by atoms with Gasteiger partial charge in [-0.2, -0.15) is 0 Å². The van der Waals surface area contributed by atoms with E-state index >= 15 is 0 Å². The highest BCUT2D eigenvalue weighted by atomic mass is 16.5. The van der Waals surface area contributed by atoms with Gasteiger partial charge in [-0.05, 0) is 63.1 Å². The summed E-state index contributed by atoms with van der Waals surface area (Å²) < 4.78 is 22.1. The second-order valence-electron chi connectivity index (χ2n) is 7.37. The summed E-state index contributed by atoms with van der Waals surface area (Å²) in [5.41, 5.74) is 2.10. The molecule has 0 radical (unpaired) electrons. The molecule has 0 saturated carbocycles. The average molecular weight is 384 g/mol. The molecular formula is C23H28O5. The van der Waals surface area contributed by atoms with Crippen LogP contribution in [0.4, 0.5) is 0 Å². The molecule has 0 bridgehead atoms. The molecule has 0 aliphatic heterocycles. The smallest absolute Gasteiger partial charge is 0.338 e. The first-order valence-corrected chi connectivity index (χ1v) is 9.12. The molecule has 0 amide bonds. The van der Waals surface area contributed by atoms with Crippen molar-refractivity contribution in [1.29, 1.82) is 0 Å². The second-order valence-corrected chi connectivity index (χ2v) is 7.37. The van der Waals surface area contributed by atoms with E-state index in [0.29, 0.717) is 36.0 Å². The standard InChI is InChI=1S/C23H28O5/c1-16(2)22(24)28-19-10-7-17(8-11-19)18-9-12-20(21(15-18)25-6)26-13-14-27-23(3,4)5/h7-12,15H,1,13-14H2,2-6H3. The third-order valence-corrected chi connectivity index (χ3v) is 3.79. The van der Waals surface area contributed by atoms with Crippen molar-refractivity contribution < 1.29 is 23.7 Å². The van der Waals surface area contributed by atoms with Gasteiger partial charge >= 0.3 is 5.97 Å². The molecule has 0 aliphatic carbocycles. The van der Waals surface area contributed by atoms with E-state index in [1.165, 1.54) is 0 Å². The predicted octanol–water partition coefficient (Wildman–Crippen LogP) is 5.04. The van der Waals surface area contributed by atoms with Crippen LogP contribution in [0.25, 0.3) is 11.1 Å². The number of methoxy groups -OCH3 is 1. The summed E-state index contributed by atoms with van der Waals surface area (Å²) in [6, 6.07) is 13.0. The lowest BCUT2D eigenvalue weighted by Gasteiger charge is -2.20. The first-order valence-electron chi connectivity index (χ1n) is 9.12. The largest absolute Gasteiger partial charge is 0.493 e. The summed E-state index contributed by atoms with van der Waals surface area (Å²) >= 11 is 0. The van der Waals surface area contributed by atoms with Gasteiger partial charge in [-0.3, -0.25) is 0 Å². The third kappa shape index (κ3) is 6.43. The number of benzene rings is 2. The minimum Gasteiger partial charge on any atom is -0.493 e. The number of hydrogen-bond acceptors (Lipinski definition) is 5. The van der Waals surface area contributed by atoms with Gasteiger partial charge in [0.05, 0.1) is 19.3 Å². The maximum absolute atomic E-state index is 11.6. The van der Waals surface area contributed by atoms with E-state index in [9.17, 15) is 4.79 Å². The number of carbonyl (C=O) groups excluding carboxylic acids is 1. The molecular weight excluding hydrogens is 356 g/mol. The zero-order valence-electron chi connectivity index (χ0n) is 17.2. The van der Waals surface area contributed by atoms with Gasteiger partial charge in [-0.25, -0.2) is 4.79 Å². The molecule has 0 atom stereocenters. The summed E-state index contributed by atoms with van der Waals surface area (Å²) in [6.07, 6.45) is 0. The third-order valence-electron chi connectivity index (χ3n) is 3.79. The molecule has 0 unspecified atom stereocenters. The summed E-state index contributed by atoms with van der Waals surface area (Å²) in [5.74, 6) is 1.34. The van der Waals surface area contributed by atoms with Crippen LogP contribution in [0.5, 0.6) is 17.2 Å². The average Bonchev–Trinajstić information content (AvgIpc) is 2.65. The van der Waals surface area contributed by atoms with Crippen LogP contribution in [0.15, 0.2) is 54.6 Å². The molecule has 2 aromatic carbocycles. The van der Waals surface area contributed by atoms with Crippen LogP contribution >= 0.6 is 0 Å². The van der Waals surface area contributed by atoms with Crippen molar-refractivity contribution in [3.63, 3.8) is 0 Å². The SMILES string of the molecule is C=C(C)C(=O)Oc1ccc(-c2ccc(OCCOC(C)(C)C)c(OC)c2)cc1. The lowest BCUT2D eigenvalue weighted by molar-refractivity contribution is -0.130. The monoisotopic (exact) mass is 384 g/mol. The number of esters is 1. The molecule has 0 fully saturated rings. The van der Waals surface area contributed by atoms with Crippen molar-refractivity contribution in [2.45, 2.75) is 33.3 Å². The van der Waals surface area contributed by atoms with Gasteiger partial charge in [0.2, 0.25) is 0 Å². The highest BCUT2D eigenvalue weighted by Crippen LogP contribution is 2.33. The fraction of sp³-hybridized carbons (Fsp3) is 0.348. The molecule has 0 aromatic heterocycles. The highest BCUT2D eigenvalue weighted by molar-refractivity contribution is 5.88. The molecule has 0 heterocycles. The van der Waals surface area contributed by atoms with Crippen LogP contribution < -0.4 is 14.2 Å². The van der Waals surface area contributed by atoms with Crippen LogP contribution in [0.3, 0.4) is 0 Å². The van der Waals surface area contributed by atoms with E-state index in [1.807, 2.05) is 51.1 Å². The quantitative estimate of drug-likeness (QED) is 0.276. The van der Waals surface area contributed by atoms with Crippen molar-refractivity contribution in [3.8, 4) is 28.4 Å². The molecule has 0 aliphatic rings. The molecule has 0 saturated heterocycles. The van der Waals surface area contributed by atoms with Crippen molar-refractivity contribution in [1.82, 2.24) is 0 Å². The Kier molecular flexibility index (Phi) is 7.24. The van der Waals surface area contributed by atoms with E-state index < -0.39 is 5.97 Å². The second kappa shape index (κ2) is 9.42. The number of ether oxygens (including phenoxy) is 4.